The summed E-state index contributed by atoms with van der Waals surface area (Å²) in [7, 11) is 1.62. The summed E-state index contributed by atoms with van der Waals surface area (Å²) in [6.45, 7) is 5.84. The Kier molecular flexibility index (Phi) is 7.16. The number of anilines is 1. The number of thiophene rings is 1. The van der Waals surface area contributed by atoms with Crippen LogP contribution in [0.5, 0.6) is 0 Å². The van der Waals surface area contributed by atoms with E-state index in [2.05, 4.69) is 19.2 Å². The van der Waals surface area contributed by atoms with E-state index >= 15 is 0 Å². The lowest BCUT2D eigenvalue weighted by atomic mass is 10.1. The van der Waals surface area contributed by atoms with Crippen LogP contribution in [0.15, 0.2) is 41.8 Å². The molecular formula is C19H24N2O3S. The average molecular weight is 360 g/mol. The Morgan fingerprint density at radius 2 is 2.04 bits per heavy atom. The maximum absolute atomic E-state index is 12.8. The van der Waals surface area contributed by atoms with Crippen molar-refractivity contribution in [2.45, 2.75) is 13.8 Å². The van der Waals surface area contributed by atoms with E-state index < -0.39 is 0 Å². The zero-order chi connectivity index (χ0) is 18.2. The monoisotopic (exact) mass is 360 g/mol. The van der Waals surface area contributed by atoms with Crippen LogP contribution in [-0.2, 0) is 4.74 Å². The minimum atomic E-state index is -0.169. The molecular weight excluding hydrogens is 336 g/mol. The van der Waals surface area contributed by atoms with Gasteiger partial charge in [-0.25, -0.2) is 0 Å². The van der Waals surface area contributed by atoms with E-state index in [1.165, 1.54) is 11.3 Å². The molecule has 0 aliphatic heterocycles. The summed E-state index contributed by atoms with van der Waals surface area (Å²) in [5.41, 5.74) is 1.17. The van der Waals surface area contributed by atoms with Gasteiger partial charge in [0.05, 0.1) is 11.5 Å². The van der Waals surface area contributed by atoms with Crippen molar-refractivity contribution < 1.29 is 14.3 Å². The van der Waals surface area contributed by atoms with E-state index in [-0.39, 0.29) is 11.8 Å². The van der Waals surface area contributed by atoms with Crippen LogP contribution in [0.3, 0.4) is 0 Å². The lowest BCUT2D eigenvalue weighted by Gasteiger charge is -2.24. The first-order chi connectivity index (χ1) is 12.0. The zero-order valence-corrected chi connectivity index (χ0v) is 15.6. The van der Waals surface area contributed by atoms with Crippen LogP contribution in [0, 0.1) is 5.92 Å². The Hall–Kier alpha value is -2.18. The van der Waals surface area contributed by atoms with Crippen LogP contribution < -0.4 is 5.32 Å². The molecule has 0 aliphatic rings. The summed E-state index contributed by atoms with van der Waals surface area (Å²) in [4.78, 5) is 27.4. The fraction of sp³-hybridized carbons (Fsp3) is 0.368. The third-order valence-electron chi connectivity index (χ3n) is 3.55. The van der Waals surface area contributed by atoms with Crippen molar-refractivity contribution >= 4 is 28.8 Å². The summed E-state index contributed by atoms with van der Waals surface area (Å²) >= 11 is 1.38. The Morgan fingerprint density at radius 1 is 1.24 bits per heavy atom. The molecule has 1 heterocycles. The molecule has 2 aromatic rings. The van der Waals surface area contributed by atoms with Crippen molar-refractivity contribution in [1.82, 2.24) is 4.90 Å². The molecule has 0 saturated carbocycles. The Balaban J connectivity index is 2.12. The summed E-state index contributed by atoms with van der Waals surface area (Å²) in [5.74, 6) is 0.138. The van der Waals surface area contributed by atoms with E-state index in [0.29, 0.717) is 41.7 Å². The molecule has 0 atom stereocenters. The second-order valence-corrected chi connectivity index (χ2v) is 7.10. The molecule has 0 aliphatic carbocycles. The highest BCUT2D eigenvalue weighted by molar-refractivity contribution is 7.12. The second kappa shape index (κ2) is 9.34. The topological polar surface area (TPSA) is 58.6 Å². The van der Waals surface area contributed by atoms with E-state index in [9.17, 15) is 9.59 Å². The predicted octanol–water partition coefficient (Wildman–Crippen LogP) is 3.75. The highest BCUT2D eigenvalue weighted by Gasteiger charge is 2.17. The Labute approximate surface area is 152 Å². The Bertz CT molecular complexity index is 698. The first kappa shape index (κ1) is 19.1. The number of nitrogens with one attached hydrogen (secondary N) is 1. The van der Waals surface area contributed by atoms with Gasteiger partial charge in [0.25, 0.3) is 11.8 Å². The van der Waals surface area contributed by atoms with Gasteiger partial charge >= 0.3 is 0 Å². The highest BCUT2D eigenvalue weighted by Crippen LogP contribution is 2.16. The SMILES string of the molecule is COCCN(CC(C)C)C(=O)c1cccc(NC(=O)c2cccs2)c1. The predicted molar refractivity (Wildman–Crippen MR) is 101 cm³/mol. The Morgan fingerprint density at radius 3 is 2.68 bits per heavy atom. The van der Waals surface area contributed by atoms with Gasteiger partial charge in [-0.05, 0) is 35.6 Å². The van der Waals surface area contributed by atoms with Gasteiger partial charge in [-0.3, -0.25) is 9.59 Å². The van der Waals surface area contributed by atoms with Gasteiger partial charge in [0.1, 0.15) is 0 Å². The summed E-state index contributed by atoms with van der Waals surface area (Å²) in [6, 6.07) is 10.6. The standard InChI is InChI=1S/C19H24N2O3S/c1-14(2)13-21(9-10-24-3)19(23)15-6-4-7-16(12-15)20-18(22)17-8-5-11-25-17/h4-8,11-12,14H,9-10,13H2,1-3H3,(H,20,22). The number of hydrogen-bond donors (Lipinski definition) is 1. The minimum absolute atomic E-state index is 0.0574. The third kappa shape index (κ3) is 5.69. The molecule has 5 nitrogen and oxygen atoms in total. The van der Waals surface area contributed by atoms with E-state index in [1.807, 2.05) is 11.4 Å². The number of amides is 2. The highest BCUT2D eigenvalue weighted by atomic mass is 32.1. The fourth-order valence-electron chi connectivity index (χ4n) is 2.43. The third-order valence-corrected chi connectivity index (χ3v) is 4.42. The number of rotatable bonds is 8. The van der Waals surface area contributed by atoms with Gasteiger partial charge in [-0.15, -0.1) is 11.3 Å². The number of nitrogens with zero attached hydrogens (tertiary/aromatic N) is 1. The quantitative estimate of drug-likeness (QED) is 0.780. The van der Waals surface area contributed by atoms with Gasteiger partial charge in [0.2, 0.25) is 0 Å². The molecule has 0 saturated heterocycles. The molecule has 0 unspecified atom stereocenters. The fourth-order valence-corrected chi connectivity index (χ4v) is 3.05. The summed E-state index contributed by atoms with van der Waals surface area (Å²) in [6.07, 6.45) is 0. The van der Waals surface area contributed by atoms with Gasteiger partial charge < -0.3 is 15.0 Å². The normalized spacial score (nSPS) is 10.7. The number of hydrogen-bond acceptors (Lipinski definition) is 4. The van der Waals surface area contributed by atoms with Gasteiger partial charge in [-0.1, -0.05) is 26.0 Å². The maximum Gasteiger partial charge on any atom is 0.265 e. The van der Waals surface area contributed by atoms with E-state index in [1.54, 1.807) is 42.3 Å². The molecule has 1 aromatic carbocycles. The molecule has 25 heavy (non-hydrogen) atoms. The molecule has 0 fully saturated rings. The zero-order valence-electron chi connectivity index (χ0n) is 14.8. The van der Waals surface area contributed by atoms with Crippen LogP contribution in [0.1, 0.15) is 33.9 Å². The number of carbonyl (C=O) groups excluding carboxylic acids is 2. The van der Waals surface area contributed by atoms with E-state index in [4.69, 9.17) is 4.74 Å². The van der Waals surface area contributed by atoms with Crippen LogP contribution in [0.4, 0.5) is 5.69 Å². The minimum Gasteiger partial charge on any atom is -0.383 e. The average Bonchev–Trinajstić information content (AvgIpc) is 3.12. The van der Waals surface area contributed by atoms with Crippen molar-refractivity contribution in [2.75, 3.05) is 32.1 Å². The number of carbonyl (C=O) groups is 2. The van der Waals surface area contributed by atoms with Gasteiger partial charge in [0, 0.05) is 31.5 Å². The molecule has 1 N–H and O–H groups in total. The summed E-state index contributed by atoms with van der Waals surface area (Å²) in [5, 5.41) is 4.69. The molecule has 2 amide bonds. The van der Waals surface area contributed by atoms with Crippen LogP contribution in [0.2, 0.25) is 0 Å². The number of ether oxygens (including phenoxy) is 1. The van der Waals surface area contributed by atoms with Crippen LogP contribution in [0.25, 0.3) is 0 Å². The first-order valence-electron chi connectivity index (χ1n) is 8.24. The van der Waals surface area contributed by atoms with Crippen molar-refractivity contribution in [3.63, 3.8) is 0 Å². The second-order valence-electron chi connectivity index (χ2n) is 6.15. The molecule has 0 radical (unpaired) electrons. The summed E-state index contributed by atoms with van der Waals surface area (Å²) < 4.78 is 5.11. The van der Waals surface area contributed by atoms with E-state index in [0.717, 1.165) is 0 Å². The van der Waals surface area contributed by atoms with Gasteiger partial charge in [-0.2, -0.15) is 0 Å². The maximum atomic E-state index is 12.8. The molecule has 0 bridgehead atoms. The smallest absolute Gasteiger partial charge is 0.265 e. The lowest BCUT2D eigenvalue weighted by Crippen LogP contribution is -2.36. The number of methoxy groups -OCH3 is 1. The number of benzene rings is 1. The first-order valence-corrected chi connectivity index (χ1v) is 9.12. The van der Waals surface area contributed by atoms with Crippen LogP contribution >= 0.6 is 11.3 Å². The molecule has 0 spiro atoms. The molecule has 2 rings (SSSR count). The van der Waals surface area contributed by atoms with Crippen LogP contribution in [-0.4, -0.2) is 43.5 Å². The molecule has 1 aromatic heterocycles. The van der Waals surface area contributed by atoms with Crippen molar-refractivity contribution in [2.24, 2.45) is 5.92 Å². The van der Waals surface area contributed by atoms with Crippen molar-refractivity contribution in [3.05, 3.63) is 52.2 Å². The van der Waals surface area contributed by atoms with Crippen molar-refractivity contribution in [1.29, 1.82) is 0 Å². The molecule has 134 valence electrons. The van der Waals surface area contributed by atoms with Gasteiger partial charge in [0.15, 0.2) is 0 Å². The van der Waals surface area contributed by atoms with Crippen molar-refractivity contribution in [3.8, 4) is 0 Å². The lowest BCUT2D eigenvalue weighted by molar-refractivity contribution is 0.0672. The largest absolute Gasteiger partial charge is 0.383 e. The molecule has 6 heteroatoms.